The van der Waals surface area contributed by atoms with Crippen LogP contribution in [0.4, 0.5) is 0 Å². The van der Waals surface area contributed by atoms with Gasteiger partial charge in [0.1, 0.15) is 0 Å². The number of Topliss-reactive ketones (excluding diaryl/α,β-unsaturated/α-hetero) is 2. The van der Waals surface area contributed by atoms with Crippen molar-refractivity contribution in [2.24, 2.45) is 0 Å². The van der Waals surface area contributed by atoms with Crippen LogP contribution >= 0.6 is 25.3 Å². The molecule has 0 heterocycles. The summed E-state index contributed by atoms with van der Waals surface area (Å²) in [4.78, 5) is 23.5. The second-order valence-corrected chi connectivity index (χ2v) is 3.80. The number of hydrogen-bond acceptors (Lipinski definition) is 4. The summed E-state index contributed by atoms with van der Waals surface area (Å²) in [7, 11) is 0. The Morgan fingerprint density at radius 3 is 1.47 bits per heavy atom. The number of ketones is 2. The first-order chi connectivity index (χ1) is 6.63. The maximum absolute atomic E-state index is 11.6. The normalized spacial score (nSPS) is 14.8. The van der Waals surface area contributed by atoms with Crippen molar-refractivity contribution in [2.75, 3.05) is 0 Å². The first-order valence-corrected chi connectivity index (χ1v) is 4.83. The van der Waals surface area contributed by atoms with Gasteiger partial charge in [0.2, 0.25) is 11.6 Å². The van der Waals surface area contributed by atoms with Gasteiger partial charge in [0.25, 0.3) is 0 Å². The Hall–Kier alpha value is 0. The number of rotatable bonds is 0. The number of carbonyl (C=O) groups excluding carboxylic acids is 2. The molecule has 1 aliphatic carbocycles. The molecule has 0 amide bonds. The van der Waals surface area contributed by atoms with Gasteiger partial charge in [0.05, 0.1) is 9.81 Å². The van der Waals surface area contributed by atoms with E-state index in [9.17, 15) is 9.59 Å². The van der Waals surface area contributed by atoms with Crippen LogP contribution < -0.4 is 0 Å². The van der Waals surface area contributed by atoms with Crippen LogP contribution in [0.3, 0.4) is 0 Å². The van der Waals surface area contributed by atoms with E-state index in [2.05, 4.69) is 25.3 Å². The molecule has 15 heavy (non-hydrogen) atoms. The minimum absolute atomic E-state index is 0. The Labute approximate surface area is 120 Å². The average molecular weight is 246 g/mol. The van der Waals surface area contributed by atoms with Gasteiger partial charge in [-0.05, 0) is 0 Å². The van der Waals surface area contributed by atoms with Crippen molar-refractivity contribution >= 4 is 66.4 Å². The molecule has 0 radical (unpaired) electrons. The molecule has 1 aromatic rings. The Kier molecular flexibility index (Phi) is 4.26. The van der Waals surface area contributed by atoms with Gasteiger partial charge in [-0.3, -0.25) is 9.59 Å². The van der Waals surface area contributed by atoms with E-state index in [1.54, 1.807) is 24.3 Å². The minimum atomic E-state index is -0.242. The standard InChI is InChI=1S/C10H6O2S2.Na.H/c11-7-5-3-1-2-4-6(5)8(12)10(14)9(7)13;;/h1-4,13-14H;;. The van der Waals surface area contributed by atoms with Gasteiger partial charge in [0.15, 0.2) is 0 Å². The third kappa shape index (κ3) is 2.10. The van der Waals surface area contributed by atoms with Crippen LogP contribution in [0.1, 0.15) is 20.7 Å². The van der Waals surface area contributed by atoms with Crippen LogP contribution in [0.15, 0.2) is 34.1 Å². The Balaban J connectivity index is 0.00000112. The van der Waals surface area contributed by atoms with Crippen molar-refractivity contribution in [1.82, 2.24) is 0 Å². The Morgan fingerprint density at radius 2 is 1.13 bits per heavy atom. The summed E-state index contributed by atoms with van der Waals surface area (Å²) in [6.45, 7) is 0. The zero-order chi connectivity index (χ0) is 10.3. The summed E-state index contributed by atoms with van der Waals surface area (Å²) in [5.41, 5.74) is 0.806. The molecule has 1 aromatic carbocycles. The summed E-state index contributed by atoms with van der Waals surface area (Å²) in [6.07, 6.45) is 0. The zero-order valence-electron chi connectivity index (χ0n) is 7.02. The van der Waals surface area contributed by atoms with Gasteiger partial charge < -0.3 is 0 Å². The van der Waals surface area contributed by atoms with Crippen LogP contribution in [-0.2, 0) is 0 Å². The molecule has 0 saturated heterocycles. The van der Waals surface area contributed by atoms with Crippen LogP contribution in [-0.4, -0.2) is 41.1 Å². The predicted molar refractivity (Wildman–Crippen MR) is 67.3 cm³/mol. The monoisotopic (exact) mass is 246 g/mol. The number of benzene rings is 1. The van der Waals surface area contributed by atoms with Gasteiger partial charge >= 0.3 is 29.6 Å². The molecule has 0 spiro atoms. The van der Waals surface area contributed by atoms with Crippen molar-refractivity contribution < 1.29 is 9.59 Å². The summed E-state index contributed by atoms with van der Waals surface area (Å²) in [5.74, 6) is -0.484. The van der Waals surface area contributed by atoms with Gasteiger partial charge in [-0.25, -0.2) is 0 Å². The van der Waals surface area contributed by atoms with Crippen molar-refractivity contribution in [1.29, 1.82) is 0 Å². The predicted octanol–water partition coefficient (Wildman–Crippen LogP) is 1.49. The van der Waals surface area contributed by atoms with Gasteiger partial charge in [-0.15, -0.1) is 25.3 Å². The Morgan fingerprint density at radius 1 is 0.800 bits per heavy atom. The van der Waals surface area contributed by atoms with E-state index >= 15 is 0 Å². The molecule has 72 valence electrons. The van der Waals surface area contributed by atoms with E-state index in [4.69, 9.17) is 0 Å². The molecular formula is C10H7NaO2S2. The van der Waals surface area contributed by atoms with Crippen LogP contribution in [0, 0.1) is 0 Å². The maximum atomic E-state index is 11.6. The van der Waals surface area contributed by atoms with Gasteiger partial charge in [-0.2, -0.15) is 0 Å². The number of carbonyl (C=O) groups is 2. The molecule has 5 heteroatoms. The van der Waals surface area contributed by atoms with E-state index in [0.717, 1.165) is 0 Å². The molecule has 0 aromatic heterocycles. The third-order valence-corrected chi connectivity index (χ3v) is 3.10. The van der Waals surface area contributed by atoms with Gasteiger partial charge in [0, 0.05) is 11.1 Å². The molecule has 1 aliphatic rings. The number of allylic oxidation sites excluding steroid dienone is 2. The van der Waals surface area contributed by atoms with E-state index in [-0.39, 0.29) is 50.9 Å². The van der Waals surface area contributed by atoms with E-state index in [1.807, 2.05) is 0 Å². The van der Waals surface area contributed by atoms with Crippen LogP contribution in [0.5, 0.6) is 0 Å². The zero-order valence-corrected chi connectivity index (χ0v) is 8.81. The molecule has 0 unspecified atom stereocenters. The van der Waals surface area contributed by atoms with Crippen molar-refractivity contribution in [3.8, 4) is 0 Å². The first kappa shape index (κ1) is 13.1. The van der Waals surface area contributed by atoms with Crippen molar-refractivity contribution in [3.63, 3.8) is 0 Å². The van der Waals surface area contributed by atoms with Crippen LogP contribution in [0.2, 0.25) is 0 Å². The van der Waals surface area contributed by atoms with E-state index in [1.165, 1.54) is 0 Å². The molecule has 0 atom stereocenters. The summed E-state index contributed by atoms with van der Waals surface area (Å²) < 4.78 is 0. The number of thiol groups is 2. The SMILES string of the molecule is O=C1C(S)=C(S)C(=O)c2ccccc21.[NaH]. The molecule has 0 fully saturated rings. The van der Waals surface area contributed by atoms with Crippen molar-refractivity contribution in [2.45, 2.75) is 0 Å². The molecule has 0 bridgehead atoms. The first-order valence-electron chi connectivity index (χ1n) is 3.93. The second kappa shape index (κ2) is 4.89. The Bertz CT molecular complexity index is 437. The average Bonchev–Trinajstić information content (AvgIpc) is 2.23. The van der Waals surface area contributed by atoms with Gasteiger partial charge in [-0.1, -0.05) is 24.3 Å². The number of fused-ring (bicyclic) bond motifs is 1. The number of hydrogen-bond donors (Lipinski definition) is 2. The molecule has 0 aliphatic heterocycles. The molecule has 2 rings (SSSR count). The third-order valence-electron chi connectivity index (χ3n) is 2.07. The molecule has 0 N–H and O–H groups in total. The quantitative estimate of drug-likeness (QED) is 0.537. The fourth-order valence-corrected chi connectivity index (χ4v) is 1.79. The second-order valence-electron chi connectivity index (χ2n) is 2.90. The summed E-state index contributed by atoms with van der Waals surface area (Å²) in [6, 6.07) is 6.67. The van der Waals surface area contributed by atoms with Crippen LogP contribution in [0.25, 0.3) is 0 Å². The van der Waals surface area contributed by atoms with Crippen molar-refractivity contribution in [3.05, 3.63) is 45.2 Å². The summed E-state index contributed by atoms with van der Waals surface area (Å²) in [5, 5.41) is 0. The summed E-state index contributed by atoms with van der Waals surface area (Å²) >= 11 is 7.94. The van der Waals surface area contributed by atoms with E-state index < -0.39 is 0 Å². The molecule has 0 saturated carbocycles. The molecular weight excluding hydrogens is 239 g/mol. The molecule has 2 nitrogen and oxygen atoms in total. The fourth-order valence-electron chi connectivity index (χ4n) is 1.35. The fraction of sp³-hybridized carbons (Fsp3) is 0. The van der Waals surface area contributed by atoms with E-state index in [0.29, 0.717) is 11.1 Å². The topological polar surface area (TPSA) is 34.1 Å².